The number of nitrogens with one attached hydrogen (secondary N) is 2. The summed E-state index contributed by atoms with van der Waals surface area (Å²) in [5.41, 5.74) is 3.00. The fraction of sp³-hybridized carbons (Fsp3) is 0.571. The van der Waals surface area contributed by atoms with E-state index in [4.69, 9.17) is 0 Å². The molecule has 0 aromatic heterocycles. The standard InChI is InChI=1S/C14H20N2/c1-2-4-13-9-16-14(7-12(13)3-1)10-15-8-11-5-6-11/h1-4,11,14-16H,5-10H2. The molecule has 2 heteroatoms. The Morgan fingerprint density at radius 2 is 1.94 bits per heavy atom. The highest BCUT2D eigenvalue weighted by atomic mass is 15.0. The topological polar surface area (TPSA) is 24.1 Å². The predicted molar refractivity (Wildman–Crippen MR) is 66.4 cm³/mol. The van der Waals surface area contributed by atoms with Crippen LogP contribution in [0.15, 0.2) is 24.3 Å². The number of hydrogen-bond acceptors (Lipinski definition) is 2. The number of fused-ring (bicyclic) bond motifs is 1. The summed E-state index contributed by atoms with van der Waals surface area (Å²) in [6, 6.07) is 9.40. The molecule has 0 bridgehead atoms. The molecule has 2 aliphatic rings. The van der Waals surface area contributed by atoms with E-state index < -0.39 is 0 Å². The van der Waals surface area contributed by atoms with Crippen LogP contribution in [0.5, 0.6) is 0 Å². The van der Waals surface area contributed by atoms with E-state index in [1.807, 2.05) is 0 Å². The van der Waals surface area contributed by atoms with Crippen molar-refractivity contribution in [1.82, 2.24) is 10.6 Å². The fourth-order valence-electron chi connectivity index (χ4n) is 2.45. The van der Waals surface area contributed by atoms with Gasteiger partial charge in [0.25, 0.3) is 0 Å². The van der Waals surface area contributed by atoms with Gasteiger partial charge in [0, 0.05) is 19.1 Å². The first kappa shape index (κ1) is 10.3. The monoisotopic (exact) mass is 216 g/mol. The van der Waals surface area contributed by atoms with E-state index in [0.717, 1.165) is 19.0 Å². The van der Waals surface area contributed by atoms with Gasteiger partial charge in [0.1, 0.15) is 0 Å². The Balaban J connectivity index is 1.51. The normalized spacial score (nSPS) is 24.1. The van der Waals surface area contributed by atoms with E-state index >= 15 is 0 Å². The summed E-state index contributed by atoms with van der Waals surface area (Å²) in [7, 11) is 0. The van der Waals surface area contributed by atoms with Crippen molar-refractivity contribution >= 4 is 0 Å². The molecular formula is C14H20N2. The Kier molecular flexibility index (Phi) is 2.94. The van der Waals surface area contributed by atoms with E-state index in [2.05, 4.69) is 34.9 Å². The van der Waals surface area contributed by atoms with Gasteiger partial charge in [-0.2, -0.15) is 0 Å². The molecule has 2 nitrogen and oxygen atoms in total. The van der Waals surface area contributed by atoms with E-state index in [-0.39, 0.29) is 0 Å². The lowest BCUT2D eigenvalue weighted by atomic mass is 9.96. The zero-order chi connectivity index (χ0) is 10.8. The third-order valence-corrected chi connectivity index (χ3v) is 3.69. The minimum absolute atomic E-state index is 0.619. The second kappa shape index (κ2) is 4.56. The van der Waals surface area contributed by atoms with Gasteiger partial charge in [0.05, 0.1) is 0 Å². The maximum atomic E-state index is 3.61. The number of rotatable bonds is 4. The smallest absolute Gasteiger partial charge is 0.0236 e. The van der Waals surface area contributed by atoms with Gasteiger partial charge in [-0.3, -0.25) is 0 Å². The molecule has 0 amide bonds. The average Bonchev–Trinajstić information content (AvgIpc) is 3.13. The molecule has 1 fully saturated rings. The van der Waals surface area contributed by atoms with Crippen molar-refractivity contribution in [2.45, 2.75) is 31.8 Å². The van der Waals surface area contributed by atoms with Crippen LogP contribution >= 0.6 is 0 Å². The van der Waals surface area contributed by atoms with Crippen molar-refractivity contribution in [3.63, 3.8) is 0 Å². The van der Waals surface area contributed by atoms with Gasteiger partial charge in [0.15, 0.2) is 0 Å². The van der Waals surface area contributed by atoms with E-state index in [9.17, 15) is 0 Å². The maximum Gasteiger partial charge on any atom is 0.0236 e. The van der Waals surface area contributed by atoms with E-state index in [1.54, 1.807) is 0 Å². The lowest BCUT2D eigenvalue weighted by Crippen LogP contribution is -2.43. The summed E-state index contributed by atoms with van der Waals surface area (Å²) in [6.45, 7) is 3.37. The molecule has 1 aromatic rings. The average molecular weight is 216 g/mol. The molecule has 1 aromatic carbocycles. The SMILES string of the molecule is c1ccc2c(c1)CNC(CNCC1CC1)C2. The highest BCUT2D eigenvalue weighted by Crippen LogP contribution is 2.27. The first-order chi connectivity index (χ1) is 7.92. The summed E-state index contributed by atoms with van der Waals surface area (Å²) in [5, 5.41) is 7.19. The predicted octanol–water partition coefficient (Wildman–Crippen LogP) is 1.70. The van der Waals surface area contributed by atoms with Crippen LogP contribution in [-0.2, 0) is 13.0 Å². The fourth-order valence-corrected chi connectivity index (χ4v) is 2.45. The summed E-state index contributed by atoms with van der Waals surface area (Å²) >= 11 is 0. The number of benzene rings is 1. The lowest BCUT2D eigenvalue weighted by Gasteiger charge is -2.26. The van der Waals surface area contributed by atoms with Gasteiger partial charge in [0.2, 0.25) is 0 Å². The van der Waals surface area contributed by atoms with Crippen LogP contribution in [0.25, 0.3) is 0 Å². The largest absolute Gasteiger partial charge is 0.315 e. The Labute approximate surface area is 97.4 Å². The quantitative estimate of drug-likeness (QED) is 0.800. The first-order valence-electron chi connectivity index (χ1n) is 6.43. The van der Waals surface area contributed by atoms with Crippen LogP contribution in [0.3, 0.4) is 0 Å². The van der Waals surface area contributed by atoms with Crippen molar-refractivity contribution in [2.75, 3.05) is 13.1 Å². The molecule has 3 rings (SSSR count). The van der Waals surface area contributed by atoms with Gasteiger partial charge in [-0.15, -0.1) is 0 Å². The second-order valence-electron chi connectivity index (χ2n) is 5.15. The van der Waals surface area contributed by atoms with Gasteiger partial charge in [-0.25, -0.2) is 0 Å². The molecule has 1 atom stereocenters. The maximum absolute atomic E-state index is 3.61. The highest BCUT2D eigenvalue weighted by Gasteiger charge is 2.22. The highest BCUT2D eigenvalue weighted by molar-refractivity contribution is 5.29. The zero-order valence-electron chi connectivity index (χ0n) is 9.71. The van der Waals surface area contributed by atoms with Crippen LogP contribution < -0.4 is 10.6 Å². The van der Waals surface area contributed by atoms with Crippen LogP contribution in [-0.4, -0.2) is 19.1 Å². The summed E-state index contributed by atoms with van der Waals surface area (Å²) in [5.74, 6) is 0.982. The Hall–Kier alpha value is -0.860. The molecule has 1 aliphatic heterocycles. The molecule has 0 spiro atoms. The molecule has 16 heavy (non-hydrogen) atoms. The van der Waals surface area contributed by atoms with Gasteiger partial charge >= 0.3 is 0 Å². The molecule has 1 unspecified atom stereocenters. The minimum Gasteiger partial charge on any atom is -0.315 e. The van der Waals surface area contributed by atoms with Gasteiger partial charge in [-0.1, -0.05) is 24.3 Å². The molecule has 1 saturated carbocycles. The van der Waals surface area contributed by atoms with E-state index in [1.165, 1.54) is 36.9 Å². The number of hydrogen-bond donors (Lipinski definition) is 2. The molecule has 1 heterocycles. The third kappa shape index (κ3) is 2.45. The third-order valence-electron chi connectivity index (χ3n) is 3.69. The summed E-state index contributed by atoms with van der Waals surface area (Å²) < 4.78 is 0. The molecular weight excluding hydrogens is 196 g/mol. The Morgan fingerprint density at radius 1 is 1.12 bits per heavy atom. The Morgan fingerprint density at radius 3 is 2.75 bits per heavy atom. The van der Waals surface area contributed by atoms with Crippen molar-refractivity contribution in [1.29, 1.82) is 0 Å². The zero-order valence-corrected chi connectivity index (χ0v) is 9.71. The van der Waals surface area contributed by atoms with Crippen LogP contribution in [0, 0.1) is 5.92 Å². The minimum atomic E-state index is 0.619. The van der Waals surface area contributed by atoms with Crippen LogP contribution in [0.4, 0.5) is 0 Å². The Bertz CT molecular complexity index is 358. The molecule has 0 radical (unpaired) electrons. The molecule has 86 valence electrons. The van der Waals surface area contributed by atoms with Crippen molar-refractivity contribution in [3.05, 3.63) is 35.4 Å². The molecule has 1 aliphatic carbocycles. The van der Waals surface area contributed by atoms with Crippen molar-refractivity contribution in [3.8, 4) is 0 Å². The van der Waals surface area contributed by atoms with Crippen LogP contribution in [0.2, 0.25) is 0 Å². The first-order valence-corrected chi connectivity index (χ1v) is 6.43. The van der Waals surface area contributed by atoms with Crippen LogP contribution in [0.1, 0.15) is 24.0 Å². The second-order valence-corrected chi connectivity index (χ2v) is 5.15. The molecule has 0 saturated heterocycles. The van der Waals surface area contributed by atoms with E-state index in [0.29, 0.717) is 6.04 Å². The summed E-state index contributed by atoms with van der Waals surface area (Å²) in [6.07, 6.45) is 4.05. The summed E-state index contributed by atoms with van der Waals surface area (Å²) in [4.78, 5) is 0. The van der Waals surface area contributed by atoms with Crippen molar-refractivity contribution in [2.24, 2.45) is 5.92 Å². The lowest BCUT2D eigenvalue weighted by molar-refractivity contribution is 0.444. The van der Waals surface area contributed by atoms with Gasteiger partial charge < -0.3 is 10.6 Å². The van der Waals surface area contributed by atoms with Gasteiger partial charge in [-0.05, 0) is 42.9 Å². The molecule has 2 N–H and O–H groups in total. The van der Waals surface area contributed by atoms with Crippen molar-refractivity contribution < 1.29 is 0 Å².